The maximum absolute atomic E-state index is 12.6. The monoisotopic (exact) mass is 236 g/mol. The van der Waals surface area contributed by atoms with Gasteiger partial charge in [-0.2, -0.15) is 0 Å². The summed E-state index contributed by atoms with van der Waals surface area (Å²) in [4.78, 5) is 14.5. The summed E-state index contributed by atoms with van der Waals surface area (Å²) in [7, 11) is 0. The van der Waals surface area contributed by atoms with E-state index in [4.69, 9.17) is 5.73 Å². The Morgan fingerprint density at radius 3 is 2.76 bits per heavy atom. The van der Waals surface area contributed by atoms with Crippen molar-refractivity contribution in [3.8, 4) is 0 Å². The topological polar surface area (TPSA) is 46.3 Å². The summed E-state index contributed by atoms with van der Waals surface area (Å²) in [5, 5.41) is 0. The highest BCUT2D eigenvalue weighted by Crippen LogP contribution is 2.35. The smallest absolute Gasteiger partial charge is 0.243 e. The highest BCUT2D eigenvalue weighted by atomic mass is 16.2. The number of nitrogens with zero attached hydrogens (tertiary/aromatic N) is 1. The number of carbonyl (C=O) groups is 1. The highest BCUT2D eigenvalue weighted by Gasteiger charge is 2.44. The Bertz CT molecular complexity index is 311. The van der Waals surface area contributed by atoms with E-state index in [9.17, 15) is 4.79 Å². The first-order valence-corrected chi connectivity index (χ1v) is 6.77. The van der Waals surface area contributed by atoms with Crippen LogP contribution in [0, 0.1) is 5.92 Å². The minimum absolute atomic E-state index is 0.159. The predicted octanol–water partition coefficient (Wildman–Crippen LogP) is 2.07. The van der Waals surface area contributed by atoms with Crippen molar-refractivity contribution in [1.82, 2.24) is 4.90 Å². The van der Waals surface area contributed by atoms with Crippen LogP contribution in [0.2, 0.25) is 0 Å². The summed E-state index contributed by atoms with van der Waals surface area (Å²) < 4.78 is 0. The Hall–Kier alpha value is -0.830. The van der Waals surface area contributed by atoms with Gasteiger partial charge in [0, 0.05) is 12.6 Å². The van der Waals surface area contributed by atoms with E-state index in [2.05, 4.69) is 13.5 Å². The number of hydrogen-bond acceptors (Lipinski definition) is 2. The lowest BCUT2D eigenvalue weighted by molar-refractivity contribution is -0.138. The van der Waals surface area contributed by atoms with Crippen LogP contribution in [0.15, 0.2) is 12.7 Å². The fourth-order valence-electron chi connectivity index (χ4n) is 3.00. The molecule has 2 aliphatic carbocycles. The summed E-state index contributed by atoms with van der Waals surface area (Å²) in [6, 6.07) is 0.429. The van der Waals surface area contributed by atoms with Gasteiger partial charge in [0.25, 0.3) is 0 Å². The van der Waals surface area contributed by atoms with Crippen molar-refractivity contribution < 1.29 is 4.79 Å². The molecular weight excluding hydrogens is 212 g/mol. The molecule has 3 nitrogen and oxygen atoms in total. The summed E-state index contributed by atoms with van der Waals surface area (Å²) in [6.45, 7) is 6.59. The molecule has 2 atom stereocenters. The van der Waals surface area contributed by atoms with Crippen LogP contribution in [0.4, 0.5) is 0 Å². The van der Waals surface area contributed by atoms with Crippen LogP contribution in [0.3, 0.4) is 0 Å². The number of carbonyl (C=O) groups excluding carboxylic acids is 1. The Kier molecular flexibility index (Phi) is 3.57. The lowest BCUT2D eigenvalue weighted by Crippen LogP contribution is -2.58. The molecule has 17 heavy (non-hydrogen) atoms. The van der Waals surface area contributed by atoms with E-state index < -0.39 is 5.54 Å². The molecule has 0 spiro atoms. The zero-order valence-corrected chi connectivity index (χ0v) is 10.8. The van der Waals surface area contributed by atoms with Crippen LogP contribution in [-0.4, -0.2) is 28.9 Å². The van der Waals surface area contributed by atoms with Gasteiger partial charge in [0.15, 0.2) is 0 Å². The summed E-state index contributed by atoms with van der Waals surface area (Å²) in [5.41, 5.74) is 5.76. The van der Waals surface area contributed by atoms with Gasteiger partial charge in [-0.15, -0.1) is 6.58 Å². The normalized spacial score (nSPS) is 33.2. The molecule has 2 unspecified atom stereocenters. The minimum Gasteiger partial charge on any atom is -0.334 e. The van der Waals surface area contributed by atoms with Crippen molar-refractivity contribution in [2.75, 3.05) is 6.54 Å². The molecule has 2 saturated carbocycles. The molecular formula is C14H24N2O. The molecule has 0 heterocycles. The predicted molar refractivity (Wildman–Crippen MR) is 69.5 cm³/mol. The summed E-state index contributed by atoms with van der Waals surface area (Å²) in [6.07, 6.45) is 8.04. The SMILES string of the molecule is C=CCN(C(=O)C1(N)CCCC(C)C1)C1CC1. The molecule has 2 fully saturated rings. The maximum atomic E-state index is 12.6. The van der Waals surface area contributed by atoms with E-state index in [0.717, 1.165) is 32.1 Å². The fourth-order valence-corrected chi connectivity index (χ4v) is 3.00. The summed E-state index contributed by atoms with van der Waals surface area (Å²) in [5.74, 6) is 0.730. The second-order valence-electron chi connectivity index (χ2n) is 5.84. The number of amides is 1. The molecule has 0 aromatic rings. The van der Waals surface area contributed by atoms with Gasteiger partial charge in [-0.3, -0.25) is 4.79 Å². The molecule has 0 aliphatic heterocycles. The fraction of sp³-hybridized carbons (Fsp3) is 0.786. The standard InChI is InChI=1S/C14H24N2O/c1-3-9-16(12-6-7-12)13(17)14(15)8-4-5-11(2)10-14/h3,11-12H,1,4-10,15H2,2H3. The third-order valence-corrected chi connectivity index (χ3v) is 4.03. The zero-order valence-electron chi connectivity index (χ0n) is 10.8. The molecule has 0 aromatic heterocycles. The van der Waals surface area contributed by atoms with E-state index in [1.54, 1.807) is 0 Å². The maximum Gasteiger partial charge on any atom is 0.243 e. The van der Waals surface area contributed by atoms with Crippen molar-refractivity contribution in [2.24, 2.45) is 11.7 Å². The lowest BCUT2D eigenvalue weighted by Gasteiger charge is -2.39. The Labute approximate surface area is 104 Å². The average molecular weight is 236 g/mol. The van der Waals surface area contributed by atoms with Crippen molar-refractivity contribution in [1.29, 1.82) is 0 Å². The second-order valence-corrected chi connectivity index (χ2v) is 5.84. The molecule has 1 amide bonds. The van der Waals surface area contributed by atoms with Gasteiger partial charge in [0.05, 0.1) is 5.54 Å². The van der Waals surface area contributed by atoms with Crippen LogP contribution >= 0.6 is 0 Å². The van der Waals surface area contributed by atoms with Crippen LogP contribution in [0.1, 0.15) is 45.4 Å². The molecule has 0 aromatic carbocycles. The molecule has 2 rings (SSSR count). The molecule has 0 bridgehead atoms. The van der Waals surface area contributed by atoms with Gasteiger partial charge < -0.3 is 10.6 Å². The van der Waals surface area contributed by atoms with Gasteiger partial charge >= 0.3 is 0 Å². The third-order valence-electron chi connectivity index (χ3n) is 4.03. The quantitative estimate of drug-likeness (QED) is 0.760. The lowest BCUT2D eigenvalue weighted by atomic mass is 9.76. The first kappa shape index (κ1) is 12.6. The molecule has 0 saturated heterocycles. The van der Waals surface area contributed by atoms with Crippen molar-refractivity contribution in [3.63, 3.8) is 0 Å². The number of nitrogens with two attached hydrogens (primary N) is 1. The third kappa shape index (κ3) is 2.71. The van der Waals surface area contributed by atoms with E-state index in [1.807, 2.05) is 11.0 Å². The number of rotatable bonds is 4. The Balaban J connectivity index is 2.07. The molecule has 96 valence electrons. The number of hydrogen-bond donors (Lipinski definition) is 1. The van der Waals surface area contributed by atoms with Gasteiger partial charge in [0.2, 0.25) is 5.91 Å². The van der Waals surface area contributed by atoms with E-state index in [-0.39, 0.29) is 5.91 Å². The molecule has 2 aliphatic rings. The Morgan fingerprint density at radius 2 is 2.24 bits per heavy atom. The minimum atomic E-state index is -0.608. The molecule has 2 N–H and O–H groups in total. The van der Waals surface area contributed by atoms with Crippen molar-refractivity contribution >= 4 is 5.91 Å². The van der Waals surface area contributed by atoms with Gasteiger partial charge in [0.1, 0.15) is 0 Å². The second kappa shape index (κ2) is 4.81. The van der Waals surface area contributed by atoms with Crippen molar-refractivity contribution in [2.45, 2.75) is 57.0 Å². The van der Waals surface area contributed by atoms with Crippen LogP contribution < -0.4 is 5.73 Å². The van der Waals surface area contributed by atoms with Crippen molar-refractivity contribution in [3.05, 3.63) is 12.7 Å². The van der Waals surface area contributed by atoms with E-state index in [0.29, 0.717) is 18.5 Å². The van der Waals surface area contributed by atoms with Gasteiger partial charge in [-0.25, -0.2) is 0 Å². The summed E-state index contributed by atoms with van der Waals surface area (Å²) >= 11 is 0. The highest BCUT2D eigenvalue weighted by molar-refractivity contribution is 5.87. The van der Waals surface area contributed by atoms with Gasteiger partial charge in [-0.1, -0.05) is 25.8 Å². The van der Waals surface area contributed by atoms with E-state index >= 15 is 0 Å². The average Bonchev–Trinajstić information content (AvgIpc) is 3.08. The van der Waals surface area contributed by atoms with E-state index in [1.165, 1.54) is 6.42 Å². The first-order valence-electron chi connectivity index (χ1n) is 6.77. The largest absolute Gasteiger partial charge is 0.334 e. The molecule has 3 heteroatoms. The first-order chi connectivity index (χ1) is 8.07. The van der Waals surface area contributed by atoms with Gasteiger partial charge in [-0.05, 0) is 31.6 Å². The van der Waals surface area contributed by atoms with Crippen LogP contribution in [-0.2, 0) is 4.79 Å². The zero-order chi connectivity index (χ0) is 12.5. The van der Waals surface area contributed by atoms with Crippen LogP contribution in [0.25, 0.3) is 0 Å². The van der Waals surface area contributed by atoms with Crippen LogP contribution in [0.5, 0.6) is 0 Å². The Morgan fingerprint density at radius 1 is 1.53 bits per heavy atom. The molecule has 0 radical (unpaired) electrons.